The molecule has 1 aromatic rings. The van der Waals surface area contributed by atoms with E-state index >= 15 is 0 Å². The minimum atomic E-state index is -0.413. The van der Waals surface area contributed by atoms with Crippen LogP contribution in [0.2, 0.25) is 0 Å². The first-order chi connectivity index (χ1) is 5.81. The highest BCUT2D eigenvalue weighted by molar-refractivity contribution is 5.22. The van der Waals surface area contributed by atoms with Crippen molar-refractivity contribution < 1.29 is 4.39 Å². The van der Waals surface area contributed by atoms with Crippen molar-refractivity contribution in [2.75, 3.05) is 6.54 Å². The summed E-state index contributed by atoms with van der Waals surface area (Å²) in [4.78, 5) is 3.60. The summed E-state index contributed by atoms with van der Waals surface area (Å²) in [6, 6.07) is 3.20. The molecule has 1 aliphatic carbocycles. The molecule has 2 nitrogen and oxygen atoms in total. The minimum Gasteiger partial charge on any atom is -0.330 e. The van der Waals surface area contributed by atoms with E-state index in [0.29, 0.717) is 11.8 Å². The largest absolute Gasteiger partial charge is 0.330 e. The van der Waals surface area contributed by atoms with Crippen LogP contribution in [0.5, 0.6) is 0 Å². The summed E-state index contributed by atoms with van der Waals surface area (Å²) in [6.45, 7) is 0.724. The van der Waals surface area contributed by atoms with Crippen LogP contribution in [0.15, 0.2) is 18.3 Å². The van der Waals surface area contributed by atoms with Crippen LogP contribution in [0.25, 0.3) is 0 Å². The van der Waals surface area contributed by atoms with Crippen molar-refractivity contribution in [3.05, 3.63) is 29.8 Å². The second-order valence-corrected chi connectivity index (χ2v) is 3.25. The highest BCUT2D eigenvalue weighted by Gasteiger charge is 2.36. The van der Waals surface area contributed by atoms with Crippen LogP contribution < -0.4 is 5.73 Å². The van der Waals surface area contributed by atoms with E-state index in [1.807, 2.05) is 0 Å². The van der Waals surface area contributed by atoms with E-state index in [4.69, 9.17) is 5.73 Å². The zero-order valence-corrected chi connectivity index (χ0v) is 6.70. The summed E-state index contributed by atoms with van der Waals surface area (Å²) >= 11 is 0. The quantitative estimate of drug-likeness (QED) is 0.672. The molecule has 64 valence electrons. The number of hydrogen-bond donors (Lipinski definition) is 1. The summed E-state index contributed by atoms with van der Waals surface area (Å²) in [7, 11) is 0. The smallest absolute Gasteiger partial charge is 0.212 e. The molecule has 0 aromatic carbocycles. The van der Waals surface area contributed by atoms with Crippen molar-refractivity contribution in [1.82, 2.24) is 4.98 Å². The molecule has 0 unspecified atom stereocenters. The Balaban J connectivity index is 2.10. The lowest BCUT2D eigenvalue weighted by atomic mass is 10.1. The third-order valence-electron chi connectivity index (χ3n) is 2.40. The molecule has 0 aliphatic heterocycles. The molecule has 2 rings (SSSR count). The maximum absolute atomic E-state index is 12.4. The van der Waals surface area contributed by atoms with Crippen molar-refractivity contribution >= 4 is 0 Å². The normalized spacial score (nSPS) is 27.2. The summed E-state index contributed by atoms with van der Waals surface area (Å²) in [6.07, 6.45) is 2.74. The van der Waals surface area contributed by atoms with Crippen LogP contribution in [0.1, 0.15) is 17.9 Å². The standard InChI is InChI=1S/C9H11FN2/c10-9-2-1-6(5-12-9)8-3-7(8)4-11/h1-2,5,7-8H,3-4,11H2/t7-,8-/m0/s1. The molecule has 1 saturated carbocycles. The van der Waals surface area contributed by atoms with Gasteiger partial charge in [0.2, 0.25) is 5.95 Å². The fourth-order valence-corrected chi connectivity index (χ4v) is 1.52. The molecule has 0 bridgehead atoms. The zero-order valence-electron chi connectivity index (χ0n) is 6.70. The Bertz CT molecular complexity index is 270. The van der Waals surface area contributed by atoms with Crippen LogP contribution in [-0.2, 0) is 0 Å². The van der Waals surface area contributed by atoms with E-state index in [1.54, 1.807) is 12.3 Å². The zero-order chi connectivity index (χ0) is 8.55. The first kappa shape index (κ1) is 7.68. The molecule has 12 heavy (non-hydrogen) atoms. The number of halogens is 1. The predicted molar refractivity (Wildman–Crippen MR) is 44.1 cm³/mol. The first-order valence-electron chi connectivity index (χ1n) is 4.13. The molecule has 0 saturated heterocycles. The van der Waals surface area contributed by atoms with Crippen molar-refractivity contribution in [2.24, 2.45) is 11.7 Å². The highest BCUT2D eigenvalue weighted by Crippen LogP contribution is 2.46. The second-order valence-electron chi connectivity index (χ2n) is 3.25. The Morgan fingerprint density at radius 1 is 1.58 bits per heavy atom. The first-order valence-corrected chi connectivity index (χ1v) is 4.13. The van der Waals surface area contributed by atoms with Crippen LogP contribution in [0.3, 0.4) is 0 Å². The number of hydrogen-bond acceptors (Lipinski definition) is 2. The van der Waals surface area contributed by atoms with Gasteiger partial charge in [-0.05, 0) is 36.4 Å². The van der Waals surface area contributed by atoms with Crippen LogP contribution in [0, 0.1) is 11.9 Å². The maximum Gasteiger partial charge on any atom is 0.212 e. The Morgan fingerprint density at radius 3 is 2.92 bits per heavy atom. The van der Waals surface area contributed by atoms with E-state index < -0.39 is 5.95 Å². The monoisotopic (exact) mass is 166 g/mol. The summed E-state index contributed by atoms with van der Waals surface area (Å²) < 4.78 is 12.4. The molecule has 3 heteroatoms. The molecule has 1 fully saturated rings. The van der Waals surface area contributed by atoms with Gasteiger partial charge in [-0.15, -0.1) is 0 Å². The average molecular weight is 166 g/mol. The molecule has 0 radical (unpaired) electrons. The van der Waals surface area contributed by atoms with Gasteiger partial charge in [0.25, 0.3) is 0 Å². The third-order valence-corrected chi connectivity index (χ3v) is 2.40. The summed E-state index contributed by atoms with van der Waals surface area (Å²) in [5, 5.41) is 0. The molecule has 1 aromatic heterocycles. The number of nitrogens with two attached hydrogens (primary N) is 1. The minimum absolute atomic E-state index is 0.413. The number of rotatable bonds is 2. The van der Waals surface area contributed by atoms with Gasteiger partial charge in [0, 0.05) is 6.20 Å². The van der Waals surface area contributed by atoms with Gasteiger partial charge in [0.1, 0.15) is 0 Å². The van der Waals surface area contributed by atoms with E-state index in [9.17, 15) is 4.39 Å². The van der Waals surface area contributed by atoms with Gasteiger partial charge in [0.15, 0.2) is 0 Å². The van der Waals surface area contributed by atoms with Gasteiger partial charge in [-0.1, -0.05) is 6.07 Å². The predicted octanol–water partition coefficient (Wildman–Crippen LogP) is 1.28. The van der Waals surface area contributed by atoms with E-state index in [2.05, 4.69) is 4.98 Å². The maximum atomic E-state index is 12.4. The van der Waals surface area contributed by atoms with Gasteiger partial charge >= 0.3 is 0 Å². The van der Waals surface area contributed by atoms with Crippen molar-refractivity contribution in [2.45, 2.75) is 12.3 Å². The van der Waals surface area contributed by atoms with Gasteiger partial charge in [0.05, 0.1) is 0 Å². The second kappa shape index (κ2) is 2.83. The molecule has 1 aliphatic rings. The highest BCUT2D eigenvalue weighted by atomic mass is 19.1. The van der Waals surface area contributed by atoms with E-state index in [0.717, 1.165) is 18.5 Å². The van der Waals surface area contributed by atoms with Crippen LogP contribution >= 0.6 is 0 Å². The number of aromatic nitrogens is 1. The molecular formula is C9H11FN2. The lowest BCUT2D eigenvalue weighted by Crippen LogP contribution is -2.02. The Kier molecular flexibility index (Phi) is 1.81. The van der Waals surface area contributed by atoms with Gasteiger partial charge in [-0.3, -0.25) is 0 Å². The van der Waals surface area contributed by atoms with Gasteiger partial charge < -0.3 is 5.73 Å². The van der Waals surface area contributed by atoms with Crippen molar-refractivity contribution in [3.63, 3.8) is 0 Å². The summed E-state index contributed by atoms with van der Waals surface area (Å²) in [5.41, 5.74) is 6.61. The van der Waals surface area contributed by atoms with Crippen LogP contribution in [-0.4, -0.2) is 11.5 Å². The Morgan fingerprint density at radius 2 is 2.42 bits per heavy atom. The molecule has 2 N–H and O–H groups in total. The number of nitrogens with zero attached hydrogens (tertiary/aromatic N) is 1. The van der Waals surface area contributed by atoms with Gasteiger partial charge in [-0.25, -0.2) is 4.98 Å². The van der Waals surface area contributed by atoms with Crippen LogP contribution in [0.4, 0.5) is 4.39 Å². The van der Waals surface area contributed by atoms with Crippen molar-refractivity contribution in [3.8, 4) is 0 Å². The Labute approximate surface area is 70.6 Å². The molecular weight excluding hydrogens is 155 g/mol. The molecule has 2 atom stereocenters. The van der Waals surface area contributed by atoms with E-state index in [1.165, 1.54) is 6.07 Å². The fraction of sp³-hybridized carbons (Fsp3) is 0.444. The van der Waals surface area contributed by atoms with Gasteiger partial charge in [-0.2, -0.15) is 4.39 Å². The molecule has 0 amide bonds. The lowest BCUT2D eigenvalue weighted by molar-refractivity contribution is 0.582. The number of pyridine rings is 1. The average Bonchev–Trinajstić information content (AvgIpc) is 2.85. The lowest BCUT2D eigenvalue weighted by Gasteiger charge is -1.96. The third kappa shape index (κ3) is 1.32. The molecule has 1 heterocycles. The fourth-order valence-electron chi connectivity index (χ4n) is 1.52. The summed E-state index contributed by atoms with van der Waals surface area (Å²) in [5.74, 6) is 0.712. The van der Waals surface area contributed by atoms with Crippen molar-refractivity contribution in [1.29, 1.82) is 0 Å². The molecule has 0 spiro atoms. The van der Waals surface area contributed by atoms with E-state index in [-0.39, 0.29) is 0 Å². The topological polar surface area (TPSA) is 38.9 Å². The SMILES string of the molecule is NC[C@@H]1C[C@H]1c1ccc(F)nc1. The Hall–Kier alpha value is -0.960.